The van der Waals surface area contributed by atoms with Crippen molar-refractivity contribution in [3.8, 4) is 0 Å². The minimum atomic E-state index is -0.644. The standard InChI is InChI=1S/C16H24ClNO3/c1-20-16(21-12-18-8-3-2-4-9-18)11-15(19)13-6-5-7-14(17)10-13/h5-7,10,15-16,19H,2-4,8-9,11-12H2,1H3/t15-,16+/m0/s1. The Morgan fingerprint density at radius 2 is 2.05 bits per heavy atom. The summed E-state index contributed by atoms with van der Waals surface area (Å²) < 4.78 is 11.1. The fourth-order valence-electron chi connectivity index (χ4n) is 2.54. The molecular weight excluding hydrogens is 290 g/mol. The van der Waals surface area contributed by atoms with Gasteiger partial charge in [0.25, 0.3) is 0 Å². The Bertz CT molecular complexity index is 424. The normalized spacial score (nSPS) is 19.4. The van der Waals surface area contributed by atoms with Crippen molar-refractivity contribution in [3.63, 3.8) is 0 Å². The van der Waals surface area contributed by atoms with Crippen molar-refractivity contribution in [2.45, 2.75) is 38.1 Å². The number of aliphatic hydroxyl groups is 1. The summed E-state index contributed by atoms with van der Waals surface area (Å²) in [7, 11) is 1.60. The molecule has 0 radical (unpaired) electrons. The monoisotopic (exact) mass is 313 g/mol. The summed E-state index contributed by atoms with van der Waals surface area (Å²) in [5, 5.41) is 10.9. The molecule has 1 aliphatic rings. The van der Waals surface area contributed by atoms with Crippen molar-refractivity contribution in [1.82, 2.24) is 4.90 Å². The van der Waals surface area contributed by atoms with Crippen molar-refractivity contribution >= 4 is 11.6 Å². The molecule has 1 fully saturated rings. The molecular formula is C16H24ClNO3. The van der Waals surface area contributed by atoms with Crippen LogP contribution in [0.2, 0.25) is 5.02 Å². The number of nitrogens with zero attached hydrogens (tertiary/aromatic N) is 1. The van der Waals surface area contributed by atoms with Crippen molar-refractivity contribution < 1.29 is 14.6 Å². The van der Waals surface area contributed by atoms with Crippen LogP contribution < -0.4 is 0 Å². The van der Waals surface area contributed by atoms with Crippen LogP contribution in [0.25, 0.3) is 0 Å². The molecule has 4 nitrogen and oxygen atoms in total. The van der Waals surface area contributed by atoms with Gasteiger partial charge in [0.1, 0.15) is 6.73 Å². The highest BCUT2D eigenvalue weighted by Crippen LogP contribution is 2.23. The fourth-order valence-corrected chi connectivity index (χ4v) is 2.74. The third-order valence-electron chi connectivity index (χ3n) is 3.80. The number of piperidine rings is 1. The van der Waals surface area contributed by atoms with Crippen LogP contribution in [-0.2, 0) is 9.47 Å². The average molecular weight is 314 g/mol. The van der Waals surface area contributed by atoms with Crippen LogP contribution in [0.4, 0.5) is 0 Å². The summed E-state index contributed by atoms with van der Waals surface area (Å²) >= 11 is 5.94. The highest BCUT2D eigenvalue weighted by molar-refractivity contribution is 6.30. The van der Waals surface area contributed by atoms with Gasteiger partial charge in [-0.05, 0) is 30.5 Å². The first-order valence-electron chi connectivity index (χ1n) is 7.49. The van der Waals surface area contributed by atoms with E-state index in [1.54, 1.807) is 19.2 Å². The van der Waals surface area contributed by atoms with E-state index >= 15 is 0 Å². The Labute approximate surface area is 131 Å². The van der Waals surface area contributed by atoms with Gasteiger partial charge in [-0.25, -0.2) is 0 Å². The fraction of sp³-hybridized carbons (Fsp3) is 0.625. The number of hydrogen-bond acceptors (Lipinski definition) is 4. The molecule has 0 aromatic heterocycles. The zero-order chi connectivity index (χ0) is 15.1. The molecule has 0 amide bonds. The van der Waals surface area contributed by atoms with Crippen LogP contribution in [0.1, 0.15) is 37.4 Å². The van der Waals surface area contributed by atoms with Crippen molar-refractivity contribution in [3.05, 3.63) is 34.9 Å². The molecule has 118 valence electrons. The summed E-state index contributed by atoms with van der Waals surface area (Å²) in [6.07, 6.45) is 3.09. The summed E-state index contributed by atoms with van der Waals surface area (Å²) in [6.45, 7) is 2.71. The smallest absolute Gasteiger partial charge is 0.161 e. The number of ether oxygens (including phenoxy) is 2. The molecule has 2 rings (SSSR count). The second-order valence-corrected chi connectivity index (χ2v) is 5.88. The van der Waals surface area contributed by atoms with Crippen molar-refractivity contribution in [1.29, 1.82) is 0 Å². The predicted molar refractivity (Wildman–Crippen MR) is 83.2 cm³/mol. The third-order valence-corrected chi connectivity index (χ3v) is 4.04. The summed E-state index contributed by atoms with van der Waals surface area (Å²) in [5.41, 5.74) is 0.783. The molecule has 0 saturated carbocycles. The maximum absolute atomic E-state index is 10.3. The van der Waals surface area contributed by atoms with Crippen LogP contribution >= 0.6 is 11.6 Å². The van der Waals surface area contributed by atoms with Gasteiger partial charge in [-0.15, -0.1) is 0 Å². The Morgan fingerprint density at radius 3 is 2.71 bits per heavy atom. The molecule has 1 N–H and O–H groups in total. The van der Waals surface area contributed by atoms with Crippen LogP contribution in [0.3, 0.4) is 0 Å². The molecule has 1 heterocycles. The SMILES string of the molecule is CO[C@@H](C[C@H](O)c1cccc(Cl)c1)OCN1CCCCC1. The quantitative estimate of drug-likeness (QED) is 0.785. The lowest BCUT2D eigenvalue weighted by Crippen LogP contribution is -2.34. The molecule has 1 aromatic rings. The first-order valence-corrected chi connectivity index (χ1v) is 7.87. The number of hydrogen-bond donors (Lipinski definition) is 1. The minimum Gasteiger partial charge on any atom is -0.388 e. The largest absolute Gasteiger partial charge is 0.388 e. The van der Waals surface area contributed by atoms with E-state index in [0.717, 1.165) is 18.7 Å². The van der Waals surface area contributed by atoms with E-state index in [1.165, 1.54) is 19.3 Å². The van der Waals surface area contributed by atoms with Gasteiger partial charge in [0.15, 0.2) is 6.29 Å². The maximum Gasteiger partial charge on any atom is 0.161 e. The van der Waals surface area contributed by atoms with E-state index in [4.69, 9.17) is 21.1 Å². The van der Waals surface area contributed by atoms with Gasteiger partial charge in [0.05, 0.1) is 6.10 Å². The molecule has 21 heavy (non-hydrogen) atoms. The molecule has 1 saturated heterocycles. The zero-order valence-corrected chi connectivity index (χ0v) is 13.3. The molecule has 0 spiro atoms. The van der Waals surface area contributed by atoms with Gasteiger partial charge in [-0.1, -0.05) is 30.2 Å². The van der Waals surface area contributed by atoms with E-state index in [1.807, 2.05) is 12.1 Å². The van der Waals surface area contributed by atoms with Crippen LogP contribution in [-0.4, -0.2) is 43.2 Å². The Kier molecular flexibility index (Phi) is 6.93. The molecule has 0 bridgehead atoms. The van der Waals surface area contributed by atoms with E-state index in [0.29, 0.717) is 18.2 Å². The molecule has 0 aliphatic carbocycles. The topological polar surface area (TPSA) is 41.9 Å². The second kappa shape index (κ2) is 8.71. The van der Waals surface area contributed by atoms with Gasteiger partial charge in [0.2, 0.25) is 0 Å². The lowest BCUT2D eigenvalue weighted by molar-refractivity contribution is -0.168. The van der Waals surface area contributed by atoms with Gasteiger partial charge >= 0.3 is 0 Å². The lowest BCUT2D eigenvalue weighted by atomic mass is 10.1. The predicted octanol–water partition coefficient (Wildman–Crippen LogP) is 3.20. The average Bonchev–Trinajstić information content (AvgIpc) is 2.52. The van der Waals surface area contributed by atoms with Crippen LogP contribution in [0.15, 0.2) is 24.3 Å². The minimum absolute atomic E-state index is 0.394. The molecule has 2 atom stereocenters. The van der Waals surface area contributed by atoms with Crippen LogP contribution in [0, 0.1) is 0 Å². The maximum atomic E-state index is 10.3. The van der Waals surface area contributed by atoms with Gasteiger partial charge in [-0.3, -0.25) is 4.90 Å². The van der Waals surface area contributed by atoms with Gasteiger partial charge in [0, 0.05) is 31.6 Å². The van der Waals surface area contributed by atoms with Crippen molar-refractivity contribution in [2.24, 2.45) is 0 Å². The number of likely N-dealkylation sites (tertiary alicyclic amines) is 1. The molecule has 0 unspecified atom stereocenters. The number of methoxy groups -OCH3 is 1. The third kappa shape index (κ3) is 5.57. The van der Waals surface area contributed by atoms with Gasteiger partial charge in [-0.2, -0.15) is 0 Å². The first kappa shape index (κ1) is 16.7. The molecule has 1 aliphatic heterocycles. The van der Waals surface area contributed by atoms with E-state index in [9.17, 15) is 5.11 Å². The molecule has 1 aromatic carbocycles. The lowest BCUT2D eigenvalue weighted by Gasteiger charge is -2.28. The van der Waals surface area contributed by atoms with Crippen LogP contribution in [0.5, 0.6) is 0 Å². The van der Waals surface area contributed by atoms with E-state index in [2.05, 4.69) is 4.90 Å². The Balaban J connectivity index is 1.80. The summed E-state index contributed by atoms with van der Waals surface area (Å²) in [5.74, 6) is 0. The molecule has 5 heteroatoms. The van der Waals surface area contributed by atoms with E-state index in [-0.39, 0.29) is 0 Å². The number of rotatable bonds is 7. The van der Waals surface area contributed by atoms with E-state index < -0.39 is 12.4 Å². The number of benzene rings is 1. The summed E-state index contributed by atoms with van der Waals surface area (Å²) in [6, 6.07) is 7.24. The van der Waals surface area contributed by atoms with Gasteiger partial charge < -0.3 is 14.6 Å². The Hall–Kier alpha value is -0.650. The Morgan fingerprint density at radius 1 is 1.29 bits per heavy atom. The van der Waals surface area contributed by atoms with Crippen molar-refractivity contribution in [2.75, 3.05) is 26.9 Å². The number of aliphatic hydroxyl groups excluding tert-OH is 1. The highest BCUT2D eigenvalue weighted by Gasteiger charge is 2.18. The number of halogens is 1. The zero-order valence-electron chi connectivity index (χ0n) is 12.5. The first-order chi connectivity index (χ1) is 10.2. The second-order valence-electron chi connectivity index (χ2n) is 5.45. The summed E-state index contributed by atoms with van der Waals surface area (Å²) in [4.78, 5) is 2.28. The highest BCUT2D eigenvalue weighted by atomic mass is 35.5.